The van der Waals surface area contributed by atoms with Crippen molar-refractivity contribution in [3.05, 3.63) is 99.6 Å². The quantitative estimate of drug-likeness (QED) is 0.127. The van der Waals surface area contributed by atoms with Gasteiger partial charge in [0, 0.05) is 31.9 Å². The predicted octanol–water partition coefficient (Wildman–Crippen LogP) is 7.56. The first kappa shape index (κ1) is 36.9. The average Bonchev–Trinajstić information content (AvgIpc) is 3.43. The summed E-state index contributed by atoms with van der Waals surface area (Å²) >= 11 is 0. The summed E-state index contributed by atoms with van der Waals surface area (Å²) in [6.07, 6.45) is -14.2. The fourth-order valence-electron chi connectivity index (χ4n) is 6.00. The molecule has 1 aliphatic heterocycles. The van der Waals surface area contributed by atoms with E-state index in [1.165, 1.54) is 17.9 Å². The SMILES string of the molecule is Cc1cc2c(cc1C(F)(F)F)N(CCOCc1ccccc1)CCCC2N(Cc1cc(C(F)(F)F)cc(C(F)(F)F)c1)c1nnn(CCN)n1. The van der Waals surface area contributed by atoms with Gasteiger partial charge in [0.2, 0.25) is 0 Å². The molecule has 5 rings (SSSR count). The maximum Gasteiger partial charge on any atom is 0.416 e. The van der Waals surface area contributed by atoms with Crippen LogP contribution in [0.5, 0.6) is 0 Å². The summed E-state index contributed by atoms with van der Waals surface area (Å²) in [5.41, 5.74) is 2.74. The lowest BCUT2D eigenvalue weighted by molar-refractivity contribution is -0.143. The number of nitrogens with zero attached hydrogens (tertiary/aromatic N) is 6. The molecule has 3 aromatic carbocycles. The van der Waals surface area contributed by atoms with Gasteiger partial charge in [0.1, 0.15) is 0 Å². The minimum atomic E-state index is -5.09. The fraction of sp³-hybridized carbons (Fsp3) is 0.424. The van der Waals surface area contributed by atoms with E-state index in [9.17, 15) is 39.5 Å². The molecule has 2 N–H and O–H groups in total. The number of ether oxygens (including phenoxy) is 1. The van der Waals surface area contributed by atoms with Crippen molar-refractivity contribution in [3.8, 4) is 0 Å². The second kappa shape index (κ2) is 14.8. The third kappa shape index (κ3) is 8.85. The number of hydrogen-bond donors (Lipinski definition) is 1. The molecular formula is C33H34F9N7O. The molecule has 1 aromatic heterocycles. The van der Waals surface area contributed by atoms with Gasteiger partial charge in [0.05, 0.1) is 42.5 Å². The highest BCUT2D eigenvalue weighted by Crippen LogP contribution is 2.44. The van der Waals surface area contributed by atoms with Crippen LogP contribution in [0.25, 0.3) is 0 Å². The van der Waals surface area contributed by atoms with Crippen molar-refractivity contribution in [2.75, 3.05) is 36.0 Å². The van der Waals surface area contributed by atoms with E-state index in [0.29, 0.717) is 30.7 Å². The number of rotatable bonds is 11. The monoisotopic (exact) mass is 715 g/mol. The van der Waals surface area contributed by atoms with Gasteiger partial charge < -0.3 is 20.3 Å². The normalized spacial score (nSPS) is 15.6. The smallest absolute Gasteiger partial charge is 0.375 e. The van der Waals surface area contributed by atoms with Crippen LogP contribution in [0.2, 0.25) is 0 Å². The molecule has 50 heavy (non-hydrogen) atoms. The summed E-state index contributed by atoms with van der Waals surface area (Å²) in [7, 11) is 0. The summed E-state index contributed by atoms with van der Waals surface area (Å²) < 4.78 is 131. The van der Waals surface area contributed by atoms with Gasteiger partial charge in [-0.15, -0.1) is 5.10 Å². The summed E-state index contributed by atoms with van der Waals surface area (Å²) in [6, 6.07) is 12.1. The molecule has 0 aliphatic carbocycles. The molecule has 1 unspecified atom stereocenters. The fourth-order valence-corrected chi connectivity index (χ4v) is 6.00. The maximum atomic E-state index is 14.2. The van der Waals surface area contributed by atoms with Crippen LogP contribution in [0.15, 0.2) is 60.7 Å². The van der Waals surface area contributed by atoms with Gasteiger partial charge in [0.25, 0.3) is 5.95 Å². The van der Waals surface area contributed by atoms with E-state index in [1.54, 1.807) is 4.90 Å². The molecule has 0 radical (unpaired) electrons. The Morgan fingerprint density at radius 1 is 0.860 bits per heavy atom. The Hall–Kier alpha value is -4.38. The van der Waals surface area contributed by atoms with Crippen molar-refractivity contribution in [3.63, 3.8) is 0 Å². The second-order valence-corrected chi connectivity index (χ2v) is 11.9. The number of aryl methyl sites for hydroxylation is 1. The zero-order valence-electron chi connectivity index (χ0n) is 26.8. The van der Waals surface area contributed by atoms with Crippen molar-refractivity contribution in [2.45, 2.75) is 64.0 Å². The molecule has 4 aromatic rings. The second-order valence-electron chi connectivity index (χ2n) is 11.9. The number of benzene rings is 3. The van der Waals surface area contributed by atoms with Crippen molar-refractivity contribution in [1.29, 1.82) is 0 Å². The van der Waals surface area contributed by atoms with Crippen LogP contribution in [-0.2, 0) is 43.0 Å². The van der Waals surface area contributed by atoms with Crippen molar-refractivity contribution >= 4 is 11.6 Å². The van der Waals surface area contributed by atoms with Crippen LogP contribution in [0.1, 0.15) is 57.8 Å². The largest absolute Gasteiger partial charge is 0.416 e. The van der Waals surface area contributed by atoms with Gasteiger partial charge in [-0.3, -0.25) is 0 Å². The van der Waals surface area contributed by atoms with E-state index in [0.717, 1.165) is 16.4 Å². The van der Waals surface area contributed by atoms with Crippen LogP contribution in [0, 0.1) is 6.92 Å². The van der Waals surface area contributed by atoms with E-state index >= 15 is 0 Å². The molecule has 0 bridgehead atoms. The van der Waals surface area contributed by atoms with Gasteiger partial charge >= 0.3 is 18.5 Å². The highest BCUT2D eigenvalue weighted by molar-refractivity contribution is 5.62. The molecule has 17 heteroatoms. The summed E-state index contributed by atoms with van der Waals surface area (Å²) in [5, 5.41) is 12.3. The summed E-state index contributed by atoms with van der Waals surface area (Å²) in [6.45, 7) is 1.90. The lowest BCUT2D eigenvalue weighted by Gasteiger charge is -2.33. The lowest BCUT2D eigenvalue weighted by atomic mass is 9.94. The van der Waals surface area contributed by atoms with E-state index in [4.69, 9.17) is 10.5 Å². The number of anilines is 2. The predicted molar refractivity (Wildman–Crippen MR) is 166 cm³/mol. The van der Waals surface area contributed by atoms with Gasteiger partial charge in [-0.1, -0.05) is 41.5 Å². The minimum Gasteiger partial charge on any atom is -0.375 e. The molecular weight excluding hydrogens is 681 g/mol. The first-order chi connectivity index (χ1) is 23.5. The Bertz CT molecular complexity index is 1710. The van der Waals surface area contributed by atoms with Gasteiger partial charge in [-0.05, 0) is 71.5 Å². The Kier molecular flexibility index (Phi) is 11.0. The van der Waals surface area contributed by atoms with Crippen molar-refractivity contribution < 1.29 is 44.3 Å². The van der Waals surface area contributed by atoms with Crippen LogP contribution >= 0.6 is 0 Å². The Morgan fingerprint density at radius 3 is 2.16 bits per heavy atom. The molecule has 0 saturated carbocycles. The number of tetrazole rings is 1. The van der Waals surface area contributed by atoms with Crippen molar-refractivity contribution in [2.24, 2.45) is 5.73 Å². The molecule has 1 aliphatic rings. The number of aromatic nitrogens is 4. The van der Waals surface area contributed by atoms with Crippen LogP contribution < -0.4 is 15.5 Å². The highest BCUT2D eigenvalue weighted by atomic mass is 19.4. The molecule has 1 atom stereocenters. The molecule has 270 valence electrons. The number of alkyl halides is 9. The topological polar surface area (TPSA) is 85.3 Å². The Balaban J connectivity index is 1.58. The number of fused-ring (bicyclic) bond motifs is 1. The molecule has 0 spiro atoms. The first-order valence-corrected chi connectivity index (χ1v) is 15.7. The number of nitrogens with two attached hydrogens (primary N) is 1. The van der Waals surface area contributed by atoms with Crippen LogP contribution in [0.3, 0.4) is 0 Å². The Labute approximate surface area is 281 Å². The highest BCUT2D eigenvalue weighted by Gasteiger charge is 2.39. The first-order valence-electron chi connectivity index (χ1n) is 15.7. The molecule has 0 amide bonds. The van der Waals surface area contributed by atoms with Gasteiger partial charge in [-0.2, -0.15) is 44.3 Å². The van der Waals surface area contributed by atoms with Crippen LogP contribution in [-0.4, -0.2) is 46.4 Å². The zero-order valence-corrected chi connectivity index (χ0v) is 26.8. The van der Waals surface area contributed by atoms with Crippen LogP contribution in [0.4, 0.5) is 51.1 Å². The molecule has 8 nitrogen and oxygen atoms in total. The zero-order chi connectivity index (χ0) is 36.3. The van der Waals surface area contributed by atoms with E-state index in [2.05, 4.69) is 15.4 Å². The maximum absolute atomic E-state index is 14.2. The van der Waals surface area contributed by atoms with Crippen molar-refractivity contribution in [1.82, 2.24) is 20.2 Å². The van der Waals surface area contributed by atoms with E-state index < -0.39 is 47.8 Å². The summed E-state index contributed by atoms with van der Waals surface area (Å²) in [4.78, 5) is 4.26. The van der Waals surface area contributed by atoms with Gasteiger partial charge in [-0.25, -0.2) is 0 Å². The minimum absolute atomic E-state index is 0.0321. The third-order valence-corrected chi connectivity index (χ3v) is 8.31. The average molecular weight is 716 g/mol. The molecule has 0 fully saturated rings. The molecule has 2 heterocycles. The number of hydrogen-bond acceptors (Lipinski definition) is 7. The lowest BCUT2D eigenvalue weighted by Crippen LogP contribution is -2.31. The number of halogens is 9. The molecule has 0 saturated heterocycles. The standard InChI is InChI=1S/C33H34F9N7O/c1-21-14-26-28(8-5-10-47(29(26)18-27(21)33(40,41)42)12-13-50-20-22-6-3-2-4-7-22)48(30-44-46-49(45-30)11-9-43)19-23-15-24(31(34,35)36)17-25(16-23)32(37,38)39/h2-4,6-7,14-18,28H,5,8-13,19-20,43H2,1H3. The third-order valence-electron chi connectivity index (χ3n) is 8.31. The van der Waals surface area contributed by atoms with E-state index in [1.807, 2.05) is 30.3 Å². The van der Waals surface area contributed by atoms with E-state index in [-0.39, 0.29) is 68.1 Å². The summed E-state index contributed by atoms with van der Waals surface area (Å²) in [5.74, 6) is -0.141. The van der Waals surface area contributed by atoms with Gasteiger partial charge in [0.15, 0.2) is 0 Å². The Morgan fingerprint density at radius 2 is 1.54 bits per heavy atom.